The normalized spacial score (nSPS) is 19.8. The molecule has 0 unspecified atom stereocenters. The minimum absolute atomic E-state index is 0.189. The number of nitrogens with zero attached hydrogens (tertiary/aromatic N) is 1. The van der Waals surface area contributed by atoms with Gasteiger partial charge in [-0.2, -0.15) is 0 Å². The summed E-state index contributed by atoms with van der Waals surface area (Å²) < 4.78 is 5.63. The summed E-state index contributed by atoms with van der Waals surface area (Å²) in [5, 5.41) is 11.6. The maximum Gasteiger partial charge on any atom is 0.329 e. The summed E-state index contributed by atoms with van der Waals surface area (Å²) in [6.07, 6.45) is 5.83. The van der Waals surface area contributed by atoms with Gasteiger partial charge in [0.1, 0.15) is 11.6 Å². The Morgan fingerprint density at radius 2 is 2.15 bits per heavy atom. The number of amides is 1. The van der Waals surface area contributed by atoms with Crippen LogP contribution in [0.15, 0.2) is 18.3 Å². The first-order valence-electron chi connectivity index (χ1n) is 6.78. The fourth-order valence-corrected chi connectivity index (χ4v) is 2.08. The molecule has 2 saturated carbocycles. The summed E-state index contributed by atoms with van der Waals surface area (Å²) in [6, 6.07) is 3.12. The van der Waals surface area contributed by atoms with E-state index in [4.69, 9.17) is 9.84 Å². The Morgan fingerprint density at radius 1 is 1.40 bits per heavy atom. The second kappa shape index (κ2) is 4.77. The summed E-state index contributed by atoms with van der Waals surface area (Å²) >= 11 is 0. The average molecular weight is 276 g/mol. The lowest BCUT2D eigenvalue weighted by Crippen LogP contribution is -2.43. The topological polar surface area (TPSA) is 88.5 Å². The molecule has 0 aliphatic heterocycles. The van der Waals surface area contributed by atoms with Gasteiger partial charge in [0.2, 0.25) is 5.88 Å². The van der Waals surface area contributed by atoms with E-state index >= 15 is 0 Å². The minimum atomic E-state index is -1.07. The van der Waals surface area contributed by atoms with Gasteiger partial charge < -0.3 is 15.2 Å². The summed E-state index contributed by atoms with van der Waals surface area (Å²) in [5.41, 5.74) is -0.697. The number of hydrogen-bond acceptors (Lipinski definition) is 4. The van der Waals surface area contributed by atoms with E-state index in [2.05, 4.69) is 10.3 Å². The molecule has 6 nitrogen and oxygen atoms in total. The van der Waals surface area contributed by atoms with E-state index in [0.29, 0.717) is 24.3 Å². The molecule has 106 valence electrons. The smallest absolute Gasteiger partial charge is 0.329 e. The van der Waals surface area contributed by atoms with Crippen LogP contribution >= 0.6 is 0 Å². The van der Waals surface area contributed by atoms with Crippen molar-refractivity contribution < 1.29 is 19.4 Å². The van der Waals surface area contributed by atoms with Gasteiger partial charge in [-0.05, 0) is 38.2 Å². The highest BCUT2D eigenvalue weighted by molar-refractivity contribution is 5.99. The fraction of sp³-hybridized carbons (Fsp3) is 0.500. The van der Waals surface area contributed by atoms with Crippen molar-refractivity contribution in [2.24, 2.45) is 0 Å². The van der Waals surface area contributed by atoms with Crippen LogP contribution in [0.25, 0.3) is 0 Å². The third-order valence-electron chi connectivity index (χ3n) is 3.85. The van der Waals surface area contributed by atoms with Gasteiger partial charge in [-0.1, -0.05) is 0 Å². The first-order chi connectivity index (χ1) is 9.59. The second-order valence-corrected chi connectivity index (χ2v) is 5.39. The Kier molecular flexibility index (Phi) is 3.08. The number of rotatable bonds is 5. The molecule has 2 fully saturated rings. The molecule has 1 aromatic heterocycles. The number of carboxylic acids is 1. The molecule has 0 aromatic carbocycles. The van der Waals surface area contributed by atoms with Crippen LogP contribution in [0, 0.1) is 0 Å². The quantitative estimate of drug-likeness (QED) is 0.847. The molecule has 0 saturated heterocycles. The van der Waals surface area contributed by atoms with E-state index in [1.54, 1.807) is 12.1 Å². The van der Waals surface area contributed by atoms with Gasteiger partial charge in [0.25, 0.3) is 5.91 Å². The lowest BCUT2D eigenvalue weighted by molar-refractivity contribution is -0.140. The van der Waals surface area contributed by atoms with E-state index < -0.39 is 17.4 Å². The highest BCUT2D eigenvalue weighted by atomic mass is 16.5. The Bertz CT molecular complexity index is 550. The van der Waals surface area contributed by atoms with Crippen molar-refractivity contribution in [3.63, 3.8) is 0 Å². The molecule has 0 bridgehead atoms. The molecule has 2 aliphatic rings. The number of ether oxygens (including phenoxy) is 1. The standard InChI is InChI=1S/C14H16N2O4/c17-12(16-14(5-6-14)13(18)19)9-4-7-15-11(8-9)20-10-2-1-3-10/h4,7-8,10H,1-3,5-6H2,(H,16,17)(H,18,19). The maximum atomic E-state index is 12.1. The predicted molar refractivity (Wildman–Crippen MR) is 69.6 cm³/mol. The third-order valence-corrected chi connectivity index (χ3v) is 3.85. The molecule has 0 radical (unpaired) electrons. The van der Waals surface area contributed by atoms with E-state index in [-0.39, 0.29) is 6.10 Å². The van der Waals surface area contributed by atoms with Gasteiger partial charge in [-0.15, -0.1) is 0 Å². The van der Waals surface area contributed by atoms with Gasteiger partial charge >= 0.3 is 5.97 Å². The molecule has 2 aliphatic carbocycles. The molecular formula is C14H16N2O4. The number of aromatic nitrogens is 1. The molecule has 1 heterocycles. The number of carbonyl (C=O) groups excluding carboxylic acids is 1. The van der Waals surface area contributed by atoms with Crippen LogP contribution in [0.5, 0.6) is 5.88 Å². The number of pyridine rings is 1. The highest BCUT2D eigenvalue weighted by Gasteiger charge is 2.51. The zero-order valence-corrected chi connectivity index (χ0v) is 11.0. The molecule has 0 spiro atoms. The van der Waals surface area contributed by atoms with Crippen molar-refractivity contribution in [2.75, 3.05) is 0 Å². The summed E-state index contributed by atoms with van der Waals surface area (Å²) in [4.78, 5) is 27.2. The fourth-order valence-electron chi connectivity index (χ4n) is 2.08. The zero-order valence-electron chi connectivity index (χ0n) is 11.0. The van der Waals surface area contributed by atoms with Gasteiger partial charge in [0.15, 0.2) is 0 Å². The van der Waals surface area contributed by atoms with Crippen LogP contribution in [0.2, 0.25) is 0 Å². The second-order valence-electron chi connectivity index (χ2n) is 5.39. The van der Waals surface area contributed by atoms with Gasteiger partial charge in [-0.3, -0.25) is 4.79 Å². The molecule has 1 aromatic rings. The molecule has 6 heteroatoms. The molecular weight excluding hydrogens is 260 g/mol. The van der Waals surface area contributed by atoms with E-state index in [1.807, 2.05) is 0 Å². The zero-order chi connectivity index (χ0) is 14.2. The molecule has 0 atom stereocenters. The summed E-state index contributed by atoms with van der Waals surface area (Å²) in [6.45, 7) is 0. The highest BCUT2D eigenvalue weighted by Crippen LogP contribution is 2.35. The molecule has 20 heavy (non-hydrogen) atoms. The number of hydrogen-bond donors (Lipinski definition) is 2. The van der Waals surface area contributed by atoms with Crippen LogP contribution in [-0.4, -0.2) is 33.6 Å². The number of aliphatic carboxylic acids is 1. The average Bonchev–Trinajstić information content (AvgIpc) is 3.15. The van der Waals surface area contributed by atoms with Crippen molar-refractivity contribution in [2.45, 2.75) is 43.7 Å². The lowest BCUT2D eigenvalue weighted by Gasteiger charge is -2.25. The van der Waals surface area contributed by atoms with Crippen molar-refractivity contribution in [3.8, 4) is 5.88 Å². The van der Waals surface area contributed by atoms with Crippen molar-refractivity contribution in [1.82, 2.24) is 10.3 Å². The van der Waals surface area contributed by atoms with E-state index in [0.717, 1.165) is 19.3 Å². The Balaban J connectivity index is 1.68. The number of carboxylic acid groups (broad SMARTS) is 1. The molecule has 3 rings (SSSR count). The molecule has 2 N–H and O–H groups in total. The number of nitrogens with one attached hydrogen (secondary N) is 1. The SMILES string of the molecule is O=C(NC1(C(=O)O)CC1)c1ccnc(OC2CCC2)c1. The Morgan fingerprint density at radius 3 is 2.70 bits per heavy atom. The monoisotopic (exact) mass is 276 g/mol. The van der Waals surface area contributed by atoms with Crippen molar-refractivity contribution in [3.05, 3.63) is 23.9 Å². The first-order valence-corrected chi connectivity index (χ1v) is 6.78. The van der Waals surface area contributed by atoms with Crippen molar-refractivity contribution in [1.29, 1.82) is 0 Å². The van der Waals surface area contributed by atoms with Gasteiger partial charge in [0, 0.05) is 17.8 Å². The van der Waals surface area contributed by atoms with E-state index in [9.17, 15) is 9.59 Å². The largest absolute Gasteiger partial charge is 0.480 e. The lowest BCUT2D eigenvalue weighted by atomic mass is 9.96. The van der Waals surface area contributed by atoms with Crippen LogP contribution < -0.4 is 10.1 Å². The Labute approximate surface area is 116 Å². The molecule has 1 amide bonds. The first kappa shape index (κ1) is 12.9. The van der Waals surface area contributed by atoms with Crippen molar-refractivity contribution >= 4 is 11.9 Å². The van der Waals surface area contributed by atoms with Crippen LogP contribution in [0.3, 0.4) is 0 Å². The van der Waals surface area contributed by atoms with Crippen LogP contribution in [-0.2, 0) is 4.79 Å². The predicted octanol–water partition coefficient (Wildman–Crippen LogP) is 1.36. The van der Waals surface area contributed by atoms with E-state index in [1.165, 1.54) is 6.20 Å². The maximum absolute atomic E-state index is 12.1. The van der Waals surface area contributed by atoms with Crippen LogP contribution in [0.1, 0.15) is 42.5 Å². The minimum Gasteiger partial charge on any atom is -0.480 e. The van der Waals surface area contributed by atoms with Crippen LogP contribution in [0.4, 0.5) is 0 Å². The third kappa shape index (κ3) is 2.45. The summed E-state index contributed by atoms with van der Waals surface area (Å²) in [7, 11) is 0. The summed E-state index contributed by atoms with van der Waals surface area (Å²) in [5.74, 6) is -0.959. The Hall–Kier alpha value is -2.11. The van der Waals surface area contributed by atoms with Gasteiger partial charge in [0.05, 0.1) is 0 Å². The number of carbonyl (C=O) groups is 2. The van der Waals surface area contributed by atoms with Gasteiger partial charge in [-0.25, -0.2) is 9.78 Å².